The molecule has 1 aliphatic rings. The van der Waals surface area contributed by atoms with E-state index in [1.165, 1.54) is 40.3 Å². The molecule has 0 amide bonds. The Morgan fingerprint density at radius 3 is 2.31 bits per heavy atom. The van der Waals surface area contributed by atoms with Crippen LogP contribution in [0.2, 0.25) is 0 Å². The van der Waals surface area contributed by atoms with Crippen molar-refractivity contribution in [2.45, 2.75) is 86.7 Å². The maximum Gasteiger partial charge on any atom is 0.182 e. The van der Waals surface area contributed by atoms with Gasteiger partial charge in [0.15, 0.2) is 5.78 Å². The molecular formula is C28H49N5O2S. The number of fused-ring (bicyclic) bond motifs is 1. The number of rotatable bonds is 8. The van der Waals surface area contributed by atoms with Crippen molar-refractivity contribution < 1.29 is 9.59 Å². The van der Waals surface area contributed by atoms with Crippen molar-refractivity contribution in [2.24, 2.45) is 23.4 Å². The van der Waals surface area contributed by atoms with Crippen molar-refractivity contribution in [3.05, 3.63) is 41.2 Å². The number of thiazole rings is 1. The van der Waals surface area contributed by atoms with Gasteiger partial charge in [-0.15, -0.1) is 11.3 Å². The van der Waals surface area contributed by atoms with Gasteiger partial charge in [0.2, 0.25) is 0 Å². The van der Waals surface area contributed by atoms with Crippen LogP contribution >= 0.6 is 11.3 Å². The maximum atomic E-state index is 11.7. The first kappa shape index (κ1) is 33.7. The van der Waals surface area contributed by atoms with Gasteiger partial charge in [-0.1, -0.05) is 67.5 Å². The summed E-state index contributed by atoms with van der Waals surface area (Å²) in [6, 6.07) is 8.49. The largest absolute Gasteiger partial charge is 0.395 e. The van der Waals surface area contributed by atoms with E-state index in [1.54, 1.807) is 0 Å². The molecule has 1 aromatic carbocycles. The molecule has 1 fully saturated rings. The monoisotopic (exact) mass is 519 g/mol. The zero-order valence-corrected chi connectivity index (χ0v) is 24.6. The number of ketones is 1. The van der Waals surface area contributed by atoms with Crippen LogP contribution in [0.25, 0.3) is 10.2 Å². The summed E-state index contributed by atoms with van der Waals surface area (Å²) in [4.78, 5) is 29.7. The van der Waals surface area contributed by atoms with Gasteiger partial charge in [-0.05, 0) is 50.9 Å². The summed E-state index contributed by atoms with van der Waals surface area (Å²) in [5.41, 5.74) is 6.90. The molecule has 1 aromatic heterocycles. The van der Waals surface area contributed by atoms with Gasteiger partial charge in [-0.3, -0.25) is 9.69 Å². The number of aldehydes is 1. The van der Waals surface area contributed by atoms with Crippen molar-refractivity contribution in [1.82, 2.24) is 14.9 Å². The van der Waals surface area contributed by atoms with E-state index in [4.69, 9.17) is 16.6 Å². The maximum absolute atomic E-state index is 11.7. The highest BCUT2D eigenvalue weighted by Crippen LogP contribution is 2.35. The van der Waals surface area contributed by atoms with Gasteiger partial charge < -0.3 is 15.5 Å². The minimum Gasteiger partial charge on any atom is -0.395 e. The molecule has 0 bridgehead atoms. The number of aromatic nitrogens is 1. The molecule has 0 saturated carbocycles. The number of allylic oxidation sites excluding steroid dienone is 1. The summed E-state index contributed by atoms with van der Waals surface area (Å²) in [5, 5.41) is 2.49. The van der Waals surface area contributed by atoms with E-state index in [0.717, 1.165) is 18.2 Å². The predicted octanol–water partition coefficient (Wildman–Crippen LogP) is 5.92. The number of Topliss-reactive ketones (excluding diaryl/α,β-unsaturated/α-hetero) is 1. The van der Waals surface area contributed by atoms with Crippen molar-refractivity contribution >= 4 is 33.6 Å². The van der Waals surface area contributed by atoms with Crippen LogP contribution in [0.3, 0.4) is 0 Å². The van der Waals surface area contributed by atoms with Crippen molar-refractivity contribution in [3.63, 3.8) is 0 Å². The van der Waals surface area contributed by atoms with Gasteiger partial charge >= 0.3 is 0 Å². The molecule has 1 aliphatic heterocycles. The molecule has 3 atom stereocenters. The molecule has 2 heterocycles. The van der Waals surface area contributed by atoms with E-state index >= 15 is 0 Å². The van der Waals surface area contributed by atoms with Gasteiger partial charge in [-0.2, -0.15) is 0 Å². The SMILES string of the molecule is CC.CC.CCC(C)C(=O)/C(N)=C/N(N)C(C=O)C(C)C.CN1CCCC1c1nc2ccccc2s1. The lowest BCUT2D eigenvalue weighted by Gasteiger charge is -2.25. The second-order valence-corrected chi connectivity index (χ2v) is 9.80. The summed E-state index contributed by atoms with van der Waals surface area (Å²) in [6.07, 6.45) is 5.38. The number of hydrogen-bond acceptors (Lipinski definition) is 8. The number of hydrogen-bond donors (Lipinski definition) is 2. The lowest BCUT2D eigenvalue weighted by molar-refractivity contribution is -0.119. The minimum absolute atomic E-state index is 0.0558. The number of likely N-dealkylation sites (tertiary alicyclic amines) is 1. The average molecular weight is 520 g/mol. The molecule has 36 heavy (non-hydrogen) atoms. The molecule has 4 N–H and O–H groups in total. The Balaban J connectivity index is 0.000000599. The molecular weight excluding hydrogens is 470 g/mol. The van der Waals surface area contributed by atoms with Gasteiger partial charge in [0, 0.05) is 12.1 Å². The zero-order chi connectivity index (χ0) is 27.8. The number of carbonyl (C=O) groups excluding carboxylic acids is 2. The summed E-state index contributed by atoms with van der Waals surface area (Å²) in [7, 11) is 2.20. The molecule has 0 radical (unpaired) electrons. The highest BCUT2D eigenvalue weighted by molar-refractivity contribution is 7.18. The van der Waals surface area contributed by atoms with Crippen LogP contribution in [0.4, 0.5) is 0 Å². The van der Waals surface area contributed by atoms with Gasteiger partial charge in [0.25, 0.3) is 0 Å². The number of nitrogens with two attached hydrogens (primary N) is 2. The van der Waals surface area contributed by atoms with Gasteiger partial charge in [0.05, 0.1) is 22.0 Å². The smallest absolute Gasteiger partial charge is 0.182 e. The molecule has 8 heteroatoms. The first-order chi connectivity index (χ1) is 17.2. The number of para-hydroxylation sites is 1. The molecule has 0 aliphatic carbocycles. The second kappa shape index (κ2) is 18.0. The van der Waals surface area contributed by atoms with Crippen molar-refractivity contribution in [1.29, 1.82) is 0 Å². The van der Waals surface area contributed by atoms with E-state index < -0.39 is 6.04 Å². The molecule has 2 aromatic rings. The average Bonchev–Trinajstić information content (AvgIpc) is 3.51. The van der Waals surface area contributed by atoms with Crippen LogP contribution in [0.15, 0.2) is 36.2 Å². The molecule has 3 rings (SSSR count). The van der Waals surface area contributed by atoms with Crippen molar-refractivity contribution in [2.75, 3.05) is 13.6 Å². The Morgan fingerprint density at radius 1 is 1.22 bits per heavy atom. The molecule has 1 saturated heterocycles. The van der Waals surface area contributed by atoms with E-state index in [-0.39, 0.29) is 23.3 Å². The summed E-state index contributed by atoms with van der Waals surface area (Å²) < 4.78 is 1.31. The topological polar surface area (TPSA) is 106 Å². The number of benzene rings is 1. The summed E-state index contributed by atoms with van der Waals surface area (Å²) in [5.74, 6) is 5.49. The van der Waals surface area contributed by atoms with Crippen LogP contribution in [0.5, 0.6) is 0 Å². The molecule has 0 spiro atoms. The number of nitrogens with zero attached hydrogens (tertiary/aromatic N) is 3. The van der Waals surface area contributed by atoms with Gasteiger partial charge in [0.1, 0.15) is 17.3 Å². The van der Waals surface area contributed by atoms with Crippen LogP contribution < -0.4 is 11.6 Å². The third kappa shape index (κ3) is 9.99. The molecule has 7 nitrogen and oxygen atoms in total. The first-order valence-corrected chi connectivity index (χ1v) is 14.1. The second-order valence-electron chi connectivity index (χ2n) is 8.73. The fourth-order valence-electron chi connectivity index (χ4n) is 3.61. The Bertz CT molecular complexity index is 895. The van der Waals surface area contributed by atoms with E-state index in [1.807, 2.05) is 66.7 Å². The van der Waals surface area contributed by atoms with E-state index in [2.05, 4.69) is 36.2 Å². The highest BCUT2D eigenvalue weighted by atomic mass is 32.1. The number of carbonyl (C=O) groups is 2. The predicted molar refractivity (Wildman–Crippen MR) is 154 cm³/mol. The summed E-state index contributed by atoms with van der Waals surface area (Å²) in [6.45, 7) is 16.7. The van der Waals surface area contributed by atoms with Crippen LogP contribution in [-0.2, 0) is 9.59 Å². The van der Waals surface area contributed by atoms with E-state index in [0.29, 0.717) is 6.04 Å². The van der Waals surface area contributed by atoms with Crippen LogP contribution in [0.1, 0.15) is 85.7 Å². The Kier molecular flexibility index (Phi) is 16.9. The molecule has 204 valence electrons. The standard InChI is InChI=1S/C12H23N3O2.C12H14N2S.2C2H6/c1-5-9(4)12(17)10(13)6-15(14)11(7-16)8(2)3;1-14-8-4-6-10(14)12-13-9-5-2-3-7-11(9)15-12;2*1-2/h6-9,11H,5,13-14H2,1-4H3;2-3,5,7,10H,4,6,8H2,1H3;2*1-2H3/b10-6-;;;. The Labute approximate surface area is 222 Å². The lowest BCUT2D eigenvalue weighted by atomic mass is 10.0. The fourth-order valence-corrected chi connectivity index (χ4v) is 4.77. The third-order valence-corrected chi connectivity index (χ3v) is 7.05. The van der Waals surface area contributed by atoms with Crippen molar-refractivity contribution in [3.8, 4) is 0 Å². The Morgan fingerprint density at radius 2 is 1.83 bits per heavy atom. The quantitative estimate of drug-likeness (QED) is 0.193. The normalized spacial score (nSPS) is 17.1. The number of hydrazine groups is 1. The zero-order valence-electron chi connectivity index (χ0n) is 23.8. The lowest BCUT2D eigenvalue weighted by Crippen LogP contribution is -2.42. The molecule has 3 unspecified atom stereocenters. The first-order valence-electron chi connectivity index (χ1n) is 13.2. The third-order valence-electron chi connectivity index (χ3n) is 5.92. The van der Waals surface area contributed by atoms with Crippen LogP contribution in [0, 0.1) is 11.8 Å². The Hall–Kier alpha value is -2.29. The minimum atomic E-state index is -0.474. The van der Waals surface area contributed by atoms with Crippen LogP contribution in [-0.4, -0.2) is 46.6 Å². The highest BCUT2D eigenvalue weighted by Gasteiger charge is 2.25. The van der Waals surface area contributed by atoms with E-state index in [9.17, 15) is 9.59 Å². The van der Waals surface area contributed by atoms with Gasteiger partial charge in [-0.25, -0.2) is 10.8 Å². The summed E-state index contributed by atoms with van der Waals surface area (Å²) >= 11 is 1.85. The fraction of sp³-hybridized carbons (Fsp3) is 0.607.